The number of anilines is 1. The predicted molar refractivity (Wildman–Crippen MR) is 132 cm³/mol. The Labute approximate surface area is 215 Å². The van der Waals surface area contributed by atoms with Crippen molar-refractivity contribution in [2.45, 2.75) is 12.6 Å². The number of ether oxygens (including phenoxy) is 1. The molecule has 0 saturated heterocycles. The van der Waals surface area contributed by atoms with Gasteiger partial charge >= 0.3 is 12.1 Å². The molecule has 38 heavy (non-hydrogen) atoms. The molecule has 0 aliphatic rings. The number of alkyl halides is 3. The number of hydrogen-bond donors (Lipinski definition) is 1. The van der Waals surface area contributed by atoms with Crippen LogP contribution in [0.25, 0.3) is 22.5 Å². The summed E-state index contributed by atoms with van der Waals surface area (Å²) in [6.45, 7) is 0. The van der Waals surface area contributed by atoms with Crippen molar-refractivity contribution >= 4 is 17.6 Å². The van der Waals surface area contributed by atoms with E-state index in [-0.39, 0.29) is 45.9 Å². The zero-order valence-corrected chi connectivity index (χ0v) is 20.2. The Balaban J connectivity index is 1.80. The molecule has 0 aliphatic carbocycles. The molecule has 0 spiro atoms. The number of nitrogens with zero attached hydrogens (tertiary/aromatic N) is 4. The standard InChI is InChI=1S/C27H20F3N5O3/c1-35-11-10-21(34-35)19-12-17(8-9-20(19)27(28,29)30)26(37)33-22-13-18(14-24(36)38-2)23(15-31)32-25(22)16-6-4-3-5-7-16/h3-13H,14H2,1-2H3,(H,33,37). The summed E-state index contributed by atoms with van der Waals surface area (Å²) in [7, 11) is 2.77. The summed E-state index contributed by atoms with van der Waals surface area (Å²) in [5.41, 5.74) is -0.00656. The molecule has 4 aromatic rings. The molecule has 2 heterocycles. The predicted octanol–water partition coefficient (Wildman–Crippen LogP) is 5.01. The molecule has 0 bridgehead atoms. The minimum atomic E-state index is -4.66. The number of rotatable bonds is 6. The number of benzene rings is 2. The first kappa shape index (κ1) is 26.1. The second-order valence-corrected chi connectivity index (χ2v) is 8.21. The third-order valence-corrected chi connectivity index (χ3v) is 5.64. The van der Waals surface area contributed by atoms with Gasteiger partial charge in [0.05, 0.1) is 36.2 Å². The zero-order valence-electron chi connectivity index (χ0n) is 20.2. The van der Waals surface area contributed by atoms with Crippen molar-refractivity contribution in [3.8, 4) is 28.6 Å². The summed E-state index contributed by atoms with van der Waals surface area (Å²) in [5.74, 6) is -1.33. The topological polar surface area (TPSA) is 110 Å². The van der Waals surface area contributed by atoms with E-state index in [9.17, 15) is 28.0 Å². The lowest BCUT2D eigenvalue weighted by Crippen LogP contribution is -2.16. The highest BCUT2D eigenvalue weighted by molar-refractivity contribution is 6.07. The van der Waals surface area contributed by atoms with Gasteiger partial charge in [-0.1, -0.05) is 30.3 Å². The average Bonchev–Trinajstić information content (AvgIpc) is 3.34. The van der Waals surface area contributed by atoms with E-state index in [1.54, 1.807) is 37.4 Å². The van der Waals surface area contributed by atoms with Crippen molar-refractivity contribution < 1.29 is 27.5 Å². The van der Waals surface area contributed by atoms with Crippen LogP contribution in [-0.2, 0) is 29.2 Å². The van der Waals surface area contributed by atoms with E-state index in [4.69, 9.17) is 4.74 Å². The van der Waals surface area contributed by atoms with Crippen LogP contribution >= 0.6 is 0 Å². The Morgan fingerprint density at radius 1 is 1.11 bits per heavy atom. The minimum absolute atomic E-state index is 0.0285. The number of amides is 1. The summed E-state index contributed by atoms with van der Waals surface area (Å²) in [6, 6.07) is 16.5. The van der Waals surface area contributed by atoms with Gasteiger partial charge in [-0.25, -0.2) is 4.98 Å². The van der Waals surface area contributed by atoms with Gasteiger partial charge in [-0.2, -0.15) is 23.5 Å². The smallest absolute Gasteiger partial charge is 0.417 e. The minimum Gasteiger partial charge on any atom is -0.469 e. The maximum Gasteiger partial charge on any atom is 0.417 e. The van der Waals surface area contributed by atoms with Crippen molar-refractivity contribution in [3.63, 3.8) is 0 Å². The molecule has 2 aromatic carbocycles. The second kappa shape index (κ2) is 10.6. The first-order valence-corrected chi connectivity index (χ1v) is 11.2. The summed E-state index contributed by atoms with van der Waals surface area (Å²) in [4.78, 5) is 29.6. The van der Waals surface area contributed by atoms with E-state index < -0.39 is 23.6 Å². The van der Waals surface area contributed by atoms with E-state index >= 15 is 0 Å². The summed E-state index contributed by atoms with van der Waals surface area (Å²) < 4.78 is 47.2. The van der Waals surface area contributed by atoms with Gasteiger partial charge in [-0.05, 0) is 30.3 Å². The van der Waals surface area contributed by atoms with Crippen LogP contribution in [0.4, 0.5) is 18.9 Å². The van der Waals surface area contributed by atoms with Crippen LogP contribution in [0.1, 0.15) is 27.2 Å². The van der Waals surface area contributed by atoms with Crippen LogP contribution in [0.2, 0.25) is 0 Å². The summed E-state index contributed by atoms with van der Waals surface area (Å²) >= 11 is 0. The van der Waals surface area contributed by atoms with Gasteiger partial charge in [0.15, 0.2) is 0 Å². The van der Waals surface area contributed by atoms with Gasteiger partial charge in [0, 0.05) is 35.5 Å². The van der Waals surface area contributed by atoms with Gasteiger partial charge in [0.2, 0.25) is 0 Å². The molecule has 2 aromatic heterocycles. The van der Waals surface area contributed by atoms with E-state index in [2.05, 4.69) is 15.4 Å². The Morgan fingerprint density at radius 3 is 2.45 bits per heavy atom. The van der Waals surface area contributed by atoms with Crippen LogP contribution in [0.15, 0.2) is 66.9 Å². The number of pyridine rings is 1. The fourth-order valence-electron chi connectivity index (χ4n) is 3.82. The Morgan fingerprint density at radius 2 is 1.84 bits per heavy atom. The highest BCUT2D eigenvalue weighted by Gasteiger charge is 2.34. The molecular weight excluding hydrogens is 499 g/mol. The maximum atomic E-state index is 13.7. The van der Waals surface area contributed by atoms with Gasteiger partial charge in [0.25, 0.3) is 5.91 Å². The van der Waals surface area contributed by atoms with Gasteiger partial charge in [-0.3, -0.25) is 14.3 Å². The number of aromatic nitrogens is 3. The fraction of sp³-hybridized carbons (Fsp3) is 0.148. The lowest BCUT2D eigenvalue weighted by molar-refractivity contribution is -0.140. The molecule has 0 saturated carbocycles. The van der Waals surface area contributed by atoms with Gasteiger partial charge in [-0.15, -0.1) is 0 Å². The molecule has 0 fully saturated rings. The number of carbonyl (C=O) groups is 2. The number of hydrogen-bond acceptors (Lipinski definition) is 6. The molecule has 0 aliphatic heterocycles. The molecular formula is C27H20F3N5O3. The highest BCUT2D eigenvalue weighted by atomic mass is 19.4. The molecule has 8 nitrogen and oxygen atoms in total. The number of aryl methyl sites for hydroxylation is 1. The molecule has 1 N–H and O–H groups in total. The Hall–Kier alpha value is -4.98. The normalized spacial score (nSPS) is 11.1. The van der Waals surface area contributed by atoms with Crippen LogP contribution in [0.5, 0.6) is 0 Å². The van der Waals surface area contributed by atoms with E-state index in [0.717, 1.165) is 18.2 Å². The molecule has 192 valence electrons. The Kier molecular flexibility index (Phi) is 7.25. The zero-order chi connectivity index (χ0) is 27.4. The summed E-state index contributed by atoms with van der Waals surface area (Å²) in [6.07, 6.45) is -3.43. The van der Waals surface area contributed by atoms with Crippen molar-refractivity contribution in [1.29, 1.82) is 5.26 Å². The van der Waals surface area contributed by atoms with E-state index in [1.807, 2.05) is 6.07 Å². The van der Waals surface area contributed by atoms with Crippen LogP contribution < -0.4 is 5.32 Å². The molecule has 0 atom stereocenters. The quantitative estimate of drug-likeness (QED) is 0.359. The van der Waals surface area contributed by atoms with Crippen LogP contribution in [0, 0.1) is 11.3 Å². The molecule has 1 amide bonds. The highest BCUT2D eigenvalue weighted by Crippen LogP contribution is 2.37. The average molecular weight is 519 g/mol. The number of methoxy groups -OCH3 is 1. The van der Waals surface area contributed by atoms with Crippen molar-refractivity contribution in [2.75, 3.05) is 12.4 Å². The SMILES string of the molecule is COC(=O)Cc1cc(NC(=O)c2ccc(C(F)(F)F)c(-c3ccn(C)n3)c2)c(-c2ccccc2)nc1C#N. The number of esters is 1. The number of carbonyl (C=O) groups excluding carboxylic acids is 2. The van der Waals surface area contributed by atoms with Crippen LogP contribution in [-0.4, -0.2) is 33.8 Å². The lowest BCUT2D eigenvalue weighted by atomic mass is 10.00. The third kappa shape index (κ3) is 5.54. The van der Waals surface area contributed by atoms with E-state index in [1.165, 1.54) is 30.1 Å². The van der Waals surface area contributed by atoms with Crippen LogP contribution in [0.3, 0.4) is 0 Å². The van der Waals surface area contributed by atoms with E-state index in [0.29, 0.717) is 5.56 Å². The molecule has 11 heteroatoms. The maximum absolute atomic E-state index is 13.7. The first-order chi connectivity index (χ1) is 18.1. The van der Waals surface area contributed by atoms with Gasteiger partial charge in [0.1, 0.15) is 11.8 Å². The summed E-state index contributed by atoms with van der Waals surface area (Å²) in [5, 5.41) is 16.3. The largest absolute Gasteiger partial charge is 0.469 e. The first-order valence-electron chi connectivity index (χ1n) is 11.2. The van der Waals surface area contributed by atoms with Crippen molar-refractivity contribution in [2.24, 2.45) is 7.05 Å². The number of nitriles is 1. The molecule has 4 rings (SSSR count). The second-order valence-electron chi connectivity index (χ2n) is 8.21. The monoisotopic (exact) mass is 519 g/mol. The number of halogens is 3. The van der Waals surface area contributed by atoms with Crippen molar-refractivity contribution in [3.05, 3.63) is 89.2 Å². The third-order valence-electron chi connectivity index (χ3n) is 5.64. The number of nitrogens with one attached hydrogen (secondary N) is 1. The lowest BCUT2D eigenvalue weighted by Gasteiger charge is -2.16. The molecule has 0 unspecified atom stereocenters. The van der Waals surface area contributed by atoms with Crippen molar-refractivity contribution in [1.82, 2.24) is 14.8 Å². The van der Waals surface area contributed by atoms with Gasteiger partial charge < -0.3 is 10.1 Å². The Bertz CT molecular complexity index is 1560. The fourth-order valence-corrected chi connectivity index (χ4v) is 3.82. The molecule has 0 radical (unpaired) electrons.